The number of nitrogen functional groups attached to an aromatic ring is 2. The normalized spacial score (nSPS) is 22.1. The second-order valence-electron chi connectivity index (χ2n) is 39.0. The molecule has 5 aliphatic heterocycles. The van der Waals surface area contributed by atoms with Crippen LogP contribution in [0.15, 0.2) is 78.3 Å². The molecule has 0 amide bonds. The van der Waals surface area contributed by atoms with Gasteiger partial charge in [0, 0.05) is 95.7 Å². The number of nitrogens with zero attached hydrogens (tertiary/aromatic N) is 27. The zero-order chi connectivity index (χ0) is 107. The minimum absolute atomic E-state index is 0. The van der Waals surface area contributed by atoms with Gasteiger partial charge in [-0.3, -0.25) is 27.7 Å². The van der Waals surface area contributed by atoms with E-state index in [1.807, 2.05) is 80.2 Å². The van der Waals surface area contributed by atoms with Crippen LogP contribution in [0.25, 0.3) is 55.8 Å². The molecule has 15 atom stereocenters. The molecule has 0 bridgehead atoms. The summed E-state index contributed by atoms with van der Waals surface area (Å²) in [5.74, 6) is 9.41. The predicted molar refractivity (Wildman–Crippen MR) is 568 cm³/mol. The monoisotopic (exact) mass is 2160 g/mol. The van der Waals surface area contributed by atoms with Crippen LogP contribution >= 0.6 is 27.0 Å². The number of nitrogens with two attached hydrogens (primary N) is 2. The summed E-state index contributed by atoms with van der Waals surface area (Å²) in [4.78, 5) is 83.5. The SMILES string of the molecule is C.C#CCBr.C#CCO[C@@H]1C[C@H](n2cnc3c(N)ncnc32)O[C@@H]1CO.C#CCO[C@@H]1C[C@H](n2cnc3c(N=CN(C)C)ncnc32)O[C@@H]1CO[Si](C)(C)C(C)(C)C.CC(C)(C)[Si](C)(C)Cl.CN(C)C=Nc1ncnc2c1ncn2[C@H]1C[C@@H](O)[C@@H](CO)O1.CN(C)C=Nc1ncnc2c1ncn2[C@H]1C[C@@H](O)[C@@H](CO[Si](C)(C)C(C)(C)C)O1.CO.COC(OC)N(C)C.Nc1ncnc2c1ncn2[C@H]1C[C@@H](O)[C@@H](CO)O1. The number of imidazole rings is 5. The number of anilines is 2. The summed E-state index contributed by atoms with van der Waals surface area (Å²) in [6.45, 7) is 33.7. The van der Waals surface area contributed by atoms with E-state index in [0.29, 0.717) is 141 Å². The van der Waals surface area contributed by atoms with E-state index in [2.05, 4.69) is 225 Å². The number of methoxy groups -OCH3 is 2. The molecule has 5 aliphatic rings. The molecule has 5 fully saturated rings. The quantitative estimate of drug-likeness (QED) is 0.00440. The van der Waals surface area contributed by atoms with E-state index in [4.69, 9.17) is 104 Å². The molecule has 47 nitrogen and oxygen atoms in total. The minimum Gasteiger partial charge on any atom is -0.414 e. The Morgan fingerprint density at radius 1 is 0.441 bits per heavy atom. The number of aromatic nitrogens is 20. The number of ether oxygens (including phenoxy) is 9. The highest BCUT2D eigenvalue weighted by Crippen LogP contribution is 2.44. The molecule has 5 saturated heterocycles. The van der Waals surface area contributed by atoms with Gasteiger partial charge in [0.25, 0.3) is 0 Å². The maximum absolute atomic E-state index is 10.5. The van der Waals surface area contributed by atoms with Gasteiger partial charge in [0.1, 0.15) is 118 Å². The Labute approximate surface area is 865 Å². The van der Waals surface area contributed by atoms with Crippen LogP contribution in [0.1, 0.15) is 133 Å². The lowest BCUT2D eigenvalue weighted by molar-refractivity contribution is -0.179. The number of halogens is 2. The van der Waals surface area contributed by atoms with Crippen molar-refractivity contribution in [2.45, 2.75) is 255 Å². The van der Waals surface area contributed by atoms with Crippen LogP contribution < -0.4 is 11.5 Å². The van der Waals surface area contributed by atoms with Crippen LogP contribution in [0.3, 0.4) is 0 Å². The van der Waals surface area contributed by atoms with Crippen LogP contribution in [-0.4, -0.2) is 393 Å². The Bertz CT molecular complexity index is 5820. The number of aliphatic hydroxyl groups excluding tert-OH is 7. The van der Waals surface area contributed by atoms with E-state index in [0.717, 1.165) is 7.11 Å². The third kappa shape index (κ3) is 34.1. The maximum Gasteiger partial charge on any atom is 0.217 e. The first-order valence-corrected chi connectivity index (χ1v) is 57.3. The first kappa shape index (κ1) is 124. The first-order valence-electron chi connectivity index (χ1n) is 46.3. The number of alkyl halides is 1. The second-order valence-corrected chi connectivity index (χ2v) is 56.4. The summed E-state index contributed by atoms with van der Waals surface area (Å²) in [5, 5.41) is 65.9. The van der Waals surface area contributed by atoms with Crippen LogP contribution in [0.4, 0.5) is 29.1 Å². The third-order valence-electron chi connectivity index (χ3n) is 24.4. The molecule has 0 saturated carbocycles. The fourth-order valence-corrected chi connectivity index (χ4v) is 15.5. The molecule has 0 spiro atoms. The van der Waals surface area contributed by atoms with Crippen molar-refractivity contribution in [2.75, 3.05) is 141 Å². The average Bonchev–Trinajstić information content (AvgIpc) is 1.64. The smallest absolute Gasteiger partial charge is 0.217 e. The lowest BCUT2D eigenvalue weighted by Gasteiger charge is -2.37. The molecule has 0 radical (unpaired) electrons. The Balaban J connectivity index is 0.000000265. The Morgan fingerprint density at radius 3 is 0.966 bits per heavy atom. The lowest BCUT2D eigenvalue weighted by Crippen LogP contribution is -2.44. The van der Waals surface area contributed by atoms with Gasteiger partial charge in [-0.25, -0.2) is 89.7 Å². The van der Waals surface area contributed by atoms with Gasteiger partial charge < -0.3 is 113 Å². The summed E-state index contributed by atoms with van der Waals surface area (Å²) in [7, 11) is 14.1. The fourth-order valence-electron chi connectivity index (χ4n) is 13.5. The summed E-state index contributed by atoms with van der Waals surface area (Å²) in [6.07, 6.45) is 31.2. The van der Waals surface area contributed by atoms with Gasteiger partial charge in [-0.2, -0.15) is 11.1 Å². The highest BCUT2D eigenvalue weighted by molar-refractivity contribution is 9.09. The molecule has 11 N–H and O–H groups in total. The molecule has 15 heterocycles. The average molecular weight is 2160 g/mol. The number of rotatable bonds is 27. The molecule has 10 aromatic rings. The van der Waals surface area contributed by atoms with Crippen molar-refractivity contribution >= 4 is 155 Å². The van der Waals surface area contributed by atoms with E-state index >= 15 is 0 Å². The van der Waals surface area contributed by atoms with Crippen LogP contribution in [0.5, 0.6) is 0 Å². The second kappa shape index (κ2) is 57.0. The summed E-state index contributed by atoms with van der Waals surface area (Å²) in [6, 6.07) is 0. The van der Waals surface area contributed by atoms with E-state index in [1.54, 1.807) is 83.5 Å². The van der Waals surface area contributed by atoms with E-state index in [9.17, 15) is 25.5 Å². The topological polar surface area (TPSA) is 563 Å². The Morgan fingerprint density at radius 2 is 0.703 bits per heavy atom. The molecule has 0 aromatic carbocycles. The molecule has 0 aliphatic carbocycles. The van der Waals surface area contributed by atoms with Gasteiger partial charge >= 0.3 is 0 Å². The molecule has 802 valence electrons. The van der Waals surface area contributed by atoms with Crippen molar-refractivity contribution in [2.24, 2.45) is 15.0 Å². The molecule has 145 heavy (non-hydrogen) atoms. The molecular formula is C93H151BrClN29O18Si3. The molecule has 10 aromatic heterocycles. The van der Waals surface area contributed by atoms with Crippen molar-refractivity contribution in [1.29, 1.82) is 0 Å². The van der Waals surface area contributed by atoms with Gasteiger partial charge in [-0.1, -0.05) is 117 Å². The van der Waals surface area contributed by atoms with Crippen molar-refractivity contribution in [1.82, 2.24) is 117 Å². The van der Waals surface area contributed by atoms with Gasteiger partial charge in [-0.15, -0.1) is 19.3 Å². The highest BCUT2D eigenvalue weighted by Gasteiger charge is 2.46. The first-order chi connectivity index (χ1) is 67.9. The zero-order valence-electron chi connectivity index (χ0n) is 87.3. The van der Waals surface area contributed by atoms with Crippen molar-refractivity contribution in [3.8, 4) is 37.0 Å². The van der Waals surface area contributed by atoms with Gasteiger partial charge in [0.2, 0.25) is 6.41 Å². The van der Waals surface area contributed by atoms with E-state index < -0.39 is 73.1 Å². The lowest BCUT2D eigenvalue weighted by atomic mass is 10.2. The van der Waals surface area contributed by atoms with Crippen LogP contribution in [0, 0.1) is 37.0 Å². The molecule has 0 unspecified atom stereocenters. The number of aliphatic imine (C=N–C) groups is 3. The van der Waals surface area contributed by atoms with Crippen molar-refractivity contribution in [3.63, 3.8) is 0 Å². The standard InChI is InChI=1S/C22H34N6O3Si.C19H32N6O3Si.C13H18N6O3.C13H15N5O3.C10H13N5O3.C6H15ClSi.C5H13NO2.C3H3Br.CH4O.CH4/c1-9-10-29-16-11-18(31-17(16)12-30-32(7,8)22(2,3)4)28-15-25-19-20(26-14-27(5)6)23-13-24-21(19)28;1-19(2,3)29(6,7)27-9-14-13(26)8-15(28-14)25-12-22-16-17(23-11-24(4)5)20-10-21-18(16)25;1-18(2)6-17-12-11-13(15-5-14-12)19(7-16-11)10-3-8(21)9(4-20)22-10;1-2-3-20-8-4-10(21-9(8)5-19)18-7-17-11-12(14)15-6-16-13(11)18;11-9-8-10(13-3-12-9)15(4-14-8)7-1-5(17)6(2-16)18-7;1-6(2,3)8(4,5)7;1-6(2)5(7-3)8-4;1-2-3-4;1-2;/h1,13-18H,10-12H2,2-8H3;10-15,26H,8-9H2,1-7H3;5-10,20-21H,3-4H2,1-2H3;1,6-10,19H,3-5H2,(H2,14,15,16);3-7,16-17H,1-2H2,(H2,11,12,13);1-5H3;5H,1-4H3;1H,3H2;2H,1H3;1H4/t16-,17-,18-;13-,14-,15-;2*8-,9-,10-;5-,6-,7-;;;;;/m11111...../s1. The van der Waals surface area contributed by atoms with Crippen molar-refractivity contribution in [3.05, 3.63) is 63.3 Å². The van der Waals surface area contributed by atoms with E-state index in [-0.39, 0.29) is 100 Å². The predicted octanol–water partition coefficient (Wildman–Crippen LogP) is 9.15. The minimum atomic E-state index is -1.93. The zero-order valence-corrected chi connectivity index (χ0v) is 92.6. The largest absolute Gasteiger partial charge is 0.414 e. The molecular weight excluding hydrogens is 2010 g/mol. The Kier molecular flexibility index (Phi) is 48.7. The van der Waals surface area contributed by atoms with Gasteiger partial charge in [-0.05, 0) is 55.4 Å². The summed E-state index contributed by atoms with van der Waals surface area (Å²) in [5.41, 5.74) is 17.3. The van der Waals surface area contributed by atoms with Gasteiger partial charge in [0.15, 0.2) is 97.9 Å². The Hall–Kier alpha value is -9.90. The van der Waals surface area contributed by atoms with Crippen LogP contribution in [0.2, 0.25) is 54.4 Å². The summed E-state index contributed by atoms with van der Waals surface area (Å²) < 4.78 is 72.2. The molecule has 52 heteroatoms. The fraction of sp³-hybridized carbons (Fsp3) is 0.634. The number of aliphatic hydroxyl groups is 7. The highest BCUT2D eigenvalue weighted by atomic mass is 79.9. The number of terminal acetylenes is 3. The van der Waals surface area contributed by atoms with Crippen molar-refractivity contribution < 1.29 is 87.2 Å². The third-order valence-corrected chi connectivity index (χ3v) is 39.0. The maximum atomic E-state index is 10.5. The summed E-state index contributed by atoms with van der Waals surface area (Å²) >= 11 is 9.16. The van der Waals surface area contributed by atoms with Gasteiger partial charge in [0.05, 0.1) is 120 Å². The molecule has 15 rings (SSSR count). The number of fused-ring (bicyclic) bond motifs is 5. The number of hydrogen-bond donors (Lipinski definition) is 9. The van der Waals surface area contributed by atoms with Crippen LogP contribution in [-0.2, 0) is 51.5 Å². The van der Waals surface area contributed by atoms with E-state index in [1.165, 1.54) is 31.6 Å². The number of hydrogen-bond acceptors (Lipinski definition) is 39.